The number of benzene rings is 4. The van der Waals surface area contributed by atoms with Gasteiger partial charge in [-0.05, 0) is 40.8 Å². The average molecular weight is 507 g/mol. The van der Waals surface area contributed by atoms with E-state index in [1.807, 2.05) is 30.3 Å². The highest BCUT2D eigenvalue weighted by atomic mass is 35.5. The lowest BCUT2D eigenvalue weighted by Crippen LogP contribution is -2.04. The molecular weight excluding hydrogens is 483 g/mol. The van der Waals surface area contributed by atoms with Crippen molar-refractivity contribution in [1.29, 1.82) is 0 Å². The van der Waals surface area contributed by atoms with E-state index in [0.717, 1.165) is 45.0 Å². The molecule has 0 amide bonds. The molecule has 0 atom stereocenters. The third-order valence-electron chi connectivity index (χ3n) is 6.63. The summed E-state index contributed by atoms with van der Waals surface area (Å²) in [5, 5.41) is 3.76. The number of nitrogens with zero attached hydrogens (tertiary/aromatic N) is 2. The van der Waals surface area contributed by atoms with Crippen LogP contribution in [0.25, 0.3) is 49.9 Å². The first-order chi connectivity index (χ1) is 17.5. The summed E-state index contributed by atoms with van der Waals surface area (Å²) in [6.45, 7) is 4.40. The maximum atomic E-state index is 6.32. The van der Waals surface area contributed by atoms with Crippen LogP contribution < -0.4 is 0 Å². The van der Waals surface area contributed by atoms with Gasteiger partial charge in [0.1, 0.15) is 5.82 Å². The Kier molecular flexibility index (Phi) is 5.79. The van der Waals surface area contributed by atoms with Gasteiger partial charge in [0.05, 0.1) is 16.9 Å². The first kappa shape index (κ1) is 22.8. The lowest BCUT2D eigenvalue weighted by atomic mass is 9.92. The summed E-state index contributed by atoms with van der Waals surface area (Å²) < 4.78 is 2.36. The number of halogens is 2. The van der Waals surface area contributed by atoms with Crippen molar-refractivity contribution in [2.24, 2.45) is 0 Å². The SMILES string of the molecule is CC(C)c1nc(-c2ccccc2)c2c3ccccc3c(-c3ccc(Cl)cc3)c(-c3ccc(Cl)cc3)n12. The van der Waals surface area contributed by atoms with Crippen LogP contribution in [-0.2, 0) is 0 Å². The number of hydrogen-bond acceptors (Lipinski definition) is 1. The molecule has 6 aromatic rings. The van der Waals surface area contributed by atoms with Gasteiger partial charge in [-0.15, -0.1) is 0 Å². The molecule has 0 aliphatic carbocycles. The number of rotatable bonds is 4. The van der Waals surface area contributed by atoms with Gasteiger partial charge in [0.15, 0.2) is 0 Å². The molecule has 2 nitrogen and oxygen atoms in total. The lowest BCUT2D eigenvalue weighted by Gasteiger charge is -2.20. The maximum Gasteiger partial charge on any atom is 0.117 e. The number of imidazole rings is 1. The van der Waals surface area contributed by atoms with Crippen LogP contribution in [0.5, 0.6) is 0 Å². The van der Waals surface area contributed by atoms with Crippen LogP contribution in [0.4, 0.5) is 0 Å². The number of hydrogen-bond donors (Lipinski definition) is 0. The molecule has 6 rings (SSSR count). The number of pyridine rings is 1. The van der Waals surface area contributed by atoms with E-state index in [9.17, 15) is 0 Å². The van der Waals surface area contributed by atoms with Crippen molar-refractivity contribution in [3.8, 4) is 33.6 Å². The second kappa shape index (κ2) is 9.13. The van der Waals surface area contributed by atoms with E-state index in [0.29, 0.717) is 10.0 Å². The molecule has 36 heavy (non-hydrogen) atoms. The molecule has 0 aliphatic heterocycles. The molecule has 0 unspecified atom stereocenters. The van der Waals surface area contributed by atoms with E-state index in [2.05, 4.69) is 91.0 Å². The summed E-state index contributed by atoms with van der Waals surface area (Å²) in [4.78, 5) is 5.28. The Morgan fingerprint density at radius 3 is 1.78 bits per heavy atom. The van der Waals surface area contributed by atoms with E-state index >= 15 is 0 Å². The Hall–Kier alpha value is -3.59. The van der Waals surface area contributed by atoms with Crippen LogP contribution in [0.15, 0.2) is 103 Å². The summed E-state index contributed by atoms with van der Waals surface area (Å²) >= 11 is 12.6. The molecule has 0 radical (unpaired) electrons. The third kappa shape index (κ3) is 3.78. The molecule has 0 bridgehead atoms. The Bertz CT molecular complexity index is 1700. The molecule has 4 aromatic carbocycles. The molecule has 0 N–H and O–H groups in total. The van der Waals surface area contributed by atoms with Gasteiger partial charge in [-0.2, -0.15) is 0 Å². The minimum absolute atomic E-state index is 0.209. The van der Waals surface area contributed by atoms with Gasteiger partial charge in [0.25, 0.3) is 0 Å². The summed E-state index contributed by atoms with van der Waals surface area (Å²) in [6, 6.07) is 35.3. The largest absolute Gasteiger partial charge is 0.294 e. The summed E-state index contributed by atoms with van der Waals surface area (Å²) in [7, 11) is 0. The molecule has 0 aliphatic rings. The van der Waals surface area contributed by atoms with Crippen molar-refractivity contribution in [1.82, 2.24) is 9.38 Å². The molecule has 176 valence electrons. The molecule has 2 aromatic heterocycles. The van der Waals surface area contributed by atoms with Crippen molar-refractivity contribution in [3.63, 3.8) is 0 Å². The molecule has 4 heteroatoms. The minimum Gasteiger partial charge on any atom is -0.294 e. The molecule has 0 spiro atoms. The van der Waals surface area contributed by atoms with E-state index in [4.69, 9.17) is 28.2 Å². The van der Waals surface area contributed by atoms with Crippen LogP contribution >= 0.6 is 23.2 Å². The van der Waals surface area contributed by atoms with Crippen molar-refractivity contribution in [3.05, 3.63) is 119 Å². The Balaban J connectivity index is 1.88. The first-order valence-electron chi connectivity index (χ1n) is 12.1. The Morgan fingerprint density at radius 2 is 1.17 bits per heavy atom. The van der Waals surface area contributed by atoms with Crippen molar-refractivity contribution < 1.29 is 0 Å². The van der Waals surface area contributed by atoms with Crippen LogP contribution in [0.1, 0.15) is 25.6 Å². The normalized spacial score (nSPS) is 11.6. The van der Waals surface area contributed by atoms with Gasteiger partial charge in [0.2, 0.25) is 0 Å². The van der Waals surface area contributed by atoms with Crippen molar-refractivity contribution in [2.75, 3.05) is 0 Å². The Morgan fingerprint density at radius 1 is 0.611 bits per heavy atom. The van der Waals surface area contributed by atoms with Crippen molar-refractivity contribution >= 4 is 39.5 Å². The van der Waals surface area contributed by atoms with Crippen LogP contribution in [-0.4, -0.2) is 9.38 Å². The molecule has 2 heterocycles. The van der Waals surface area contributed by atoms with Gasteiger partial charge in [0, 0.05) is 32.5 Å². The Labute approximate surface area is 220 Å². The first-order valence-corrected chi connectivity index (χ1v) is 12.8. The average Bonchev–Trinajstić information content (AvgIpc) is 3.31. The van der Waals surface area contributed by atoms with Gasteiger partial charge in [-0.25, -0.2) is 4.98 Å². The maximum absolute atomic E-state index is 6.32. The monoisotopic (exact) mass is 506 g/mol. The number of fused-ring (bicyclic) bond motifs is 3. The highest BCUT2D eigenvalue weighted by molar-refractivity contribution is 6.31. The van der Waals surface area contributed by atoms with E-state index in [1.165, 1.54) is 10.8 Å². The molecule has 0 fully saturated rings. The summed E-state index contributed by atoms with van der Waals surface area (Å²) in [5.74, 6) is 1.23. The van der Waals surface area contributed by atoms with Gasteiger partial charge < -0.3 is 0 Å². The van der Waals surface area contributed by atoms with Crippen LogP contribution in [0, 0.1) is 0 Å². The van der Waals surface area contributed by atoms with Crippen molar-refractivity contribution in [2.45, 2.75) is 19.8 Å². The fourth-order valence-electron chi connectivity index (χ4n) is 5.03. The predicted octanol–water partition coefficient (Wildman–Crippen LogP) is 9.92. The van der Waals surface area contributed by atoms with Gasteiger partial charge in [-0.1, -0.05) is 116 Å². The smallest absolute Gasteiger partial charge is 0.117 e. The molecular formula is C32H24Cl2N2. The lowest BCUT2D eigenvalue weighted by molar-refractivity contribution is 0.774. The highest BCUT2D eigenvalue weighted by Crippen LogP contribution is 2.44. The zero-order chi connectivity index (χ0) is 24.8. The third-order valence-corrected chi connectivity index (χ3v) is 7.13. The zero-order valence-corrected chi connectivity index (χ0v) is 21.6. The van der Waals surface area contributed by atoms with Crippen LogP contribution in [0.3, 0.4) is 0 Å². The van der Waals surface area contributed by atoms with E-state index in [-0.39, 0.29) is 5.92 Å². The highest BCUT2D eigenvalue weighted by Gasteiger charge is 2.25. The van der Waals surface area contributed by atoms with Gasteiger partial charge >= 0.3 is 0 Å². The molecule has 0 saturated carbocycles. The zero-order valence-electron chi connectivity index (χ0n) is 20.0. The van der Waals surface area contributed by atoms with E-state index in [1.54, 1.807) is 0 Å². The summed E-state index contributed by atoms with van der Waals surface area (Å²) in [6.07, 6.45) is 0. The van der Waals surface area contributed by atoms with Crippen LogP contribution in [0.2, 0.25) is 10.0 Å². The quantitative estimate of drug-likeness (QED) is 0.232. The van der Waals surface area contributed by atoms with Gasteiger partial charge in [-0.3, -0.25) is 4.40 Å². The summed E-state index contributed by atoms with van der Waals surface area (Å²) in [5.41, 5.74) is 7.65. The minimum atomic E-state index is 0.209. The fourth-order valence-corrected chi connectivity index (χ4v) is 5.29. The standard InChI is InChI=1S/C32H24Cl2N2/c1-20(2)32-35-29(22-8-4-3-5-9-22)31-27-11-7-6-10-26(27)28(21-12-16-24(33)17-13-21)30(36(31)32)23-14-18-25(34)19-15-23/h3-20H,1-2H3. The number of aromatic nitrogens is 2. The predicted molar refractivity (Wildman–Crippen MR) is 153 cm³/mol. The fraction of sp³-hybridized carbons (Fsp3) is 0.0938. The second-order valence-electron chi connectivity index (χ2n) is 9.31. The molecule has 0 saturated heterocycles. The topological polar surface area (TPSA) is 17.3 Å². The second-order valence-corrected chi connectivity index (χ2v) is 10.2. The van der Waals surface area contributed by atoms with E-state index < -0.39 is 0 Å².